The standard InChI is InChI=1S/C13H21NO3S2/c1-11(9-12-4-7-18-10-12)14-19(15,16)8-5-13-3-2-6-17-13/h4,7,10-11,13-14H,2-3,5-6,8-9H2,1H3/t11-,13-/m1/s1. The van der Waals surface area contributed by atoms with Crippen LogP contribution in [-0.2, 0) is 21.2 Å². The van der Waals surface area contributed by atoms with Gasteiger partial charge in [0.05, 0.1) is 11.9 Å². The first-order chi connectivity index (χ1) is 9.05. The molecule has 108 valence electrons. The van der Waals surface area contributed by atoms with Gasteiger partial charge in [0.2, 0.25) is 10.0 Å². The molecule has 1 saturated heterocycles. The van der Waals surface area contributed by atoms with Crippen LogP contribution in [0.15, 0.2) is 16.8 Å². The van der Waals surface area contributed by atoms with Crippen LogP contribution in [0.25, 0.3) is 0 Å². The van der Waals surface area contributed by atoms with Crippen molar-refractivity contribution in [2.24, 2.45) is 0 Å². The molecular formula is C13H21NO3S2. The van der Waals surface area contributed by atoms with Crippen molar-refractivity contribution in [1.82, 2.24) is 4.72 Å². The van der Waals surface area contributed by atoms with E-state index in [4.69, 9.17) is 4.74 Å². The van der Waals surface area contributed by atoms with Crippen LogP contribution in [0.4, 0.5) is 0 Å². The number of nitrogens with one attached hydrogen (secondary N) is 1. The third-order valence-electron chi connectivity index (χ3n) is 3.24. The van der Waals surface area contributed by atoms with Gasteiger partial charge in [0.1, 0.15) is 0 Å². The molecule has 1 N–H and O–H groups in total. The van der Waals surface area contributed by atoms with E-state index in [0.717, 1.165) is 25.9 Å². The number of hydrogen-bond acceptors (Lipinski definition) is 4. The van der Waals surface area contributed by atoms with Gasteiger partial charge in [-0.3, -0.25) is 0 Å². The van der Waals surface area contributed by atoms with Crippen LogP contribution in [0, 0.1) is 0 Å². The van der Waals surface area contributed by atoms with Gasteiger partial charge in [-0.05, 0) is 55.0 Å². The van der Waals surface area contributed by atoms with Crippen molar-refractivity contribution >= 4 is 21.4 Å². The molecule has 0 spiro atoms. The van der Waals surface area contributed by atoms with Crippen molar-refractivity contribution < 1.29 is 13.2 Å². The van der Waals surface area contributed by atoms with Gasteiger partial charge in [-0.2, -0.15) is 11.3 Å². The fourth-order valence-electron chi connectivity index (χ4n) is 2.33. The lowest BCUT2D eigenvalue weighted by molar-refractivity contribution is 0.108. The van der Waals surface area contributed by atoms with E-state index < -0.39 is 10.0 Å². The molecule has 0 bridgehead atoms. The van der Waals surface area contributed by atoms with Crippen molar-refractivity contribution in [2.75, 3.05) is 12.4 Å². The summed E-state index contributed by atoms with van der Waals surface area (Å²) in [6, 6.07) is 1.96. The van der Waals surface area contributed by atoms with Gasteiger partial charge in [0.25, 0.3) is 0 Å². The summed E-state index contributed by atoms with van der Waals surface area (Å²) in [5, 5.41) is 4.06. The molecule has 0 unspecified atom stereocenters. The molecule has 4 nitrogen and oxygen atoms in total. The third-order valence-corrected chi connectivity index (χ3v) is 5.50. The first-order valence-electron chi connectivity index (χ1n) is 6.68. The highest BCUT2D eigenvalue weighted by Crippen LogP contribution is 2.16. The molecule has 1 aliphatic heterocycles. The normalized spacial score (nSPS) is 21.6. The first kappa shape index (κ1) is 15.0. The maximum atomic E-state index is 12.0. The molecule has 1 aromatic rings. The molecule has 0 radical (unpaired) electrons. The van der Waals surface area contributed by atoms with Gasteiger partial charge in [-0.25, -0.2) is 13.1 Å². The minimum atomic E-state index is -3.20. The van der Waals surface area contributed by atoms with E-state index in [-0.39, 0.29) is 17.9 Å². The fraction of sp³-hybridized carbons (Fsp3) is 0.692. The summed E-state index contributed by atoms with van der Waals surface area (Å²) in [5.41, 5.74) is 1.18. The highest BCUT2D eigenvalue weighted by atomic mass is 32.2. The Morgan fingerprint density at radius 3 is 3.05 bits per heavy atom. The van der Waals surface area contributed by atoms with Gasteiger partial charge >= 0.3 is 0 Å². The topological polar surface area (TPSA) is 55.4 Å². The smallest absolute Gasteiger partial charge is 0.211 e. The predicted octanol–water partition coefficient (Wildman–Crippen LogP) is 2.17. The van der Waals surface area contributed by atoms with Crippen LogP contribution < -0.4 is 4.72 Å². The Hall–Kier alpha value is -0.430. The second-order valence-electron chi connectivity index (χ2n) is 5.10. The summed E-state index contributed by atoms with van der Waals surface area (Å²) in [6.45, 7) is 2.67. The summed E-state index contributed by atoms with van der Waals surface area (Å²) in [5.74, 6) is 0.158. The van der Waals surface area contributed by atoms with Crippen molar-refractivity contribution in [3.63, 3.8) is 0 Å². The van der Waals surface area contributed by atoms with E-state index in [1.807, 2.05) is 18.4 Å². The quantitative estimate of drug-likeness (QED) is 0.840. The number of thiophene rings is 1. The lowest BCUT2D eigenvalue weighted by atomic mass is 10.1. The van der Waals surface area contributed by atoms with E-state index in [1.54, 1.807) is 11.3 Å². The van der Waals surface area contributed by atoms with Crippen molar-refractivity contribution in [1.29, 1.82) is 0 Å². The van der Waals surface area contributed by atoms with E-state index in [0.29, 0.717) is 6.42 Å². The Balaban J connectivity index is 1.75. The second kappa shape index (κ2) is 6.83. The lowest BCUT2D eigenvalue weighted by Crippen LogP contribution is -2.36. The van der Waals surface area contributed by atoms with Gasteiger partial charge < -0.3 is 4.74 Å². The van der Waals surface area contributed by atoms with Crippen LogP contribution in [0.5, 0.6) is 0 Å². The van der Waals surface area contributed by atoms with Crippen LogP contribution in [0.3, 0.4) is 0 Å². The number of hydrogen-bond donors (Lipinski definition) is 1. The molecule has 2 atom stereocenters. The molecule has 2 heterocycles. The van der Waals surface area contributed by atoms with Gasteiger partial charge in [0.15, 0.2) is 0 Å². The maximum Gasteiger partial charge on any atom is 0.211 e. The molecule has 1 aliphatic rings. The Morgan fingerprint density at radius 2 is 2.42 bits per heavy atom. The van der Waals surface area contributed by atoms with Crippen molar-refractivity contribution in [3.8, 4) is 0 Å². The zero-order valence-corrected chi connectivity index (χ0v) is 12.8. The minimum Gasteiger partial charge on any atom is -0.378 e. The fourth-order valence-corrected chi connectivity index (χ4v) is 4.40. The van der Waals surface area contributed by atoms with Crippen LogP contribution in [-0.4, -0.2) is 32.9 Å². The molecule has 1 fully saturated rings. The number of sulfonamides is 1. The van der Waals surface area contributed by atoms with Gasteiger partial charge in [0, 0.05) is 12.6 Å². The third kappa shape index (κ3) is 5.22. The Kier molecular flexibility index (Phi) is 5.38. The highest BCUT2D eigenvalue weighted by Gasteiger charge is 2.20. The van der Waals surface area contributed by atoms with Crippen LogP contribution in [0.1, 0.15) is 31.7 Å². The van der Waals surface area contributed by atoms with E-state index in [1.165, 1.54) is 5.56 Å². The summed E-state index contributed by atoms with van der Waals surface area (Å²) in [6.07, 6.45) is 3.50. The minimum absolute atomic E-state index is 0.0657. The van der Waals surface area contributed by atoms with E-state index in [9.17, 15) is 8.42 Å². The summed E-state index contributed by atoms with van der Waals surface area (Å²) in [7, 11) is -3.20. The average Bonchev–Trinajstić information content (AvgIpc) is 2.97. The van der Waals surface area contributed by atoms with Gasteiger partial charge in [-0.15, -0.1) is 0 Å². The Bertz CT molecular complexity index is 464. The molecule has 1 aromatic heterocycles. The van der Waals surface area contributed by atoms with E-state index in [2.05, 4.69) is 10.1 Å². The van der Waals surface area contributed by atoms with Crippen LogP contribution in [0.2, 0.25) is 0 Å². The average molecular weight is 303 g/mol. The monoisotopic (exact) mass is 303 g/mol. The molecule has 2 rings (SSSR count). The largest absolute Gasteiger partial charge is 0.378 e. The molecule has 0 aliphatic carbocycles. The number of rotatable bonds is 7. The summed E-state index contributed by atoms with van der Waals surface area (Å²) < 4.78 is 32.1. The second-order valence-corrected chi connectivity index (χ2v) is 7.75. The summed E-state index contributed by atoms with van der Waals surface area (Å²) in [4.78, 5) is 0. The van der Waals surface area contributed by atoms with E-state index >= 15 is 0 Å². The predicted molar refractivity (Wildman–Crippen MR) is 78.0 cm³/mol. The maximum absolute atomic E-state index is 12.0. The van der Waals surface area contributed by atoms with Crippen LogP contribution >= 0.6 is 11.3 Å². The van der Waals surface area contributed by atoms with Crippen molar-refractivity contribution in [2.45, 2.75) is 44.8 Å². The van der Waals surface area contributed by atoms with Gasteiger partial charge in [-0.1, -0.05) is 0 Å². The molecule has 0 aromatic carbocycles. The zero-order valence-electron chi connectivity index (χ0n) is 11.2. The molecule has 19 heavy (non-hydrogen) atoms. The summed E-state index contributed by atoms with van der Waals surface area (Å²) >= 11 is 1.63. The molecule has 0 saturated carbocycles. The van der Waals surface area contributed by atoms with Crippen molar-refractivity contribution in [3.05, 3.63) is 22.4 Å². The lowest BCUT2D eigenvalue weighted by Gasteiger charge is -2.15. The number of ether oxygens (including phenoxy) is 1. The first-order valence-corrected chi connectivity index (χ1v) is 9.27. The molecule has 0 amide bonds. The molecular weight excluding hydrogens is 282 g/mol. The highest BCUT2D eigenvalue weighted by molar-refractivity contribution is 7.89. The molecule has 6 heteroatoms. The SMILES string of the molecule is C[C@H](Cc1ccsc1)NS(=O)(=O)CC[C@H]1CCCO1. The Labute approximate surface area is 119 Å². The Morgan fingerprint density at radius 1 is 1.58 bits per heavy atom. The zero-order chi connectivity index (χ0) is 13.7.